The van der Waals surface area contributed by atoms with Gasteiger partial charge in [0.05, 0.1) is 25.9 Å². The van der Waals surface area contributed by atoms with E-state index in [1.54, 1.807) is 26.1 Å². The summed E-state index contributed by atoms with van der Waals surface area (Å²) in [6, 6.07) is 11.0. The average molecular weight is 666 g/mol. The topological polar surface area (TPSA) is 107 Å². The van der Waals surface area contributed by atoms with Crippen LogP contribution in [0.5, 0.6) is 5.75 Å². The van der Waals surface area contributed by atoms with Gasteiger partial charge in [-0.2, -0.15) is 5.06 Å². The number of hydroxylamine groups is 2. The molecule has 48 heavy (non-hydrogen) atoms. The van der Waals surface area contributed by atoms with Crippen molar-refractivity contribution in [2.24, 2.45) is 29.1 Å². The third kappa shape index (κ3) is 7.67. The van der Waals surface area contributed by atoms with Gasteiger partial charge in [0.25, 0.3) is 5.91 Å². The monoisotopic (exact) mass is 665 g/mol. The number of amides is 2. The fraction of sp³-hybridized carbons (Fsp3) is 0.632. The molecule has 2 aromatic rings. The van der Waals surface area contributed by atoms with E-state index in [1.165, 1.54) is 0 Å². The second-order valence-electron chi connectivity index (χ2n) is 15.2. The molecule has 2 aliphatic rings. The van der Waals surface area contributed by atoms with Crippen molar-refractivity contribution in [1.29, 1.82) is 0 Å². The van der Waals surface area contributed by atoms with E-state index < -0.39 is 24.2 Å². The second-order valence-corrected chi connectivity index (χ2v) is 15.2. The van der Waals surface area contributed by atoms with Gasteiger partial charge in [-0.05, 0) is 74.4 Å². The number of hydrogen-bond acceptors (Lipinski definition) is 8. The van der Waals surface area contributed by atoms with Crippen LogP contribution in [0.4, 0.5) is 5.69 Å². The predicted molar refractivity (Wildman–Crippen MR) is 192 cm³/mol. The summed E-state index contributed by atoms with van der Waals surface area (Å²) in [5.74, 6) is 1.06. The number of aliphatic hydroxyl groups excluding tert-OH is 1. The van der Waals surface area contributed by atoms with Crippen LogP contribution in [-0.4, -0.2) is 100 Å². The maximum atomic E-state index is 14.4. The normalized spacial score (nSPS) is 27.8. The van der Waals surface area contributed by atoms with Crippen molar-refractivity contribution in [3.8, 4) is 16.9 Å². The Bertz CT molecular complexity index is 1440. The summed E-state index contributed by atoms with van der Waals surface area (Å²) in [7, 11) is 11.1. The number of hydrogen-bond donors (Lipinski definition) is 3. The summed E-state index contributed by atoms with van der Waals surface area (Å²) in [5, 5.41) is 19.0. The van der Waals surface area contributed by atoms with Gasteiger partial charge >= 0.3 is 0 Å². The number of methoxy groups -OCH3 is 1. The molecule has 1 saturated heterocycles. The first kappa shape index (κ1) is 37.6. The van der Waals surface area contributed by atoms with Crippen molar-refractivity contribution < 1.29 is 24.3 Å². The minimum atomic E-state index is -0.776. The molecule has 266 valence electrons. The van der Waals surface area contributed by atoms with Crippen molar-refractivity contribution in [2.45, 2.75) is 78.8 Å². The lowest BCUT2D eigenvalue weighted by Crippen LogP contribution is -2.57. The molecule has 0 bridgehead atoms. The Balaban J connectivity index is 1.73. The Labute approximate surface area is 288 Å². The fourth-order valence-electron chi connectivity index (χ4n) is 7.71. The fourth-order valence-corrected chi connectivity index (χ4v) is 7.71. The highest BCUT2D eigenvalue weighted by atomic mass is 16.7. The van der Waals surface area contributed by atoms with E-state index in [9.17, 15) is 14.7 Å². The Hall–Kier alpha value is -3.18. The van der Waals surface area contributed by atoms with E-state index in [0.29, 0.717) is 35.6 Å². The molecule has 0 aromatic heterocycles. The number of benzene rings is 2. The van der Waals surface area contributed by atoms with Gasteiger partial charge in [0.2, 0.25) is 5.91 Å². The smallest absolute Gasteiger partial charge is 0.251 e. The molecule has 1 aliphatic carbocycles. The maximum absolute atomic E-state index is 14.4. The molecule has 2 aromatic carbocycles. The largest absolute Gasteiger partial charge is 0.496 e. The van der Waals surface area contributed by atoms with E-state index in [2.05, 4.69) is 45.3 Å². The van der Waals surface area contributed by atoms with E-state index in [4.69, 9.17) is 9.57 Å². The molecule has 1 aliphatic heterocycles. The molecular formula is C38H59N5O5. The van der Waals surface area contributed by atoms with Crippen LogP contribution in [0.3, 0.4) is 0 Å². The van der Waals surface area contributed by atoms with Crippen molar-refractivity contribution in [1.82, 2.24) is 20.6 Å². The van der Waals surface area contributed by atoms with Gasteiger partial charge in [-0.1, -0.05) is 52.8 Å². The van der Waals surface area contributed by atoms with Crippen LogP contribution in [0, 0.1) is 29.1 Å². The molecule has 1 heterocycles. The van der Waals surface area contributed by atoms with Gasteiger partial charge in [-0.25, -0.2) is 0 Å². The lowest BCUT2D eigenvalue weighted by Gasteiger charge is -2.50. The third-order valence-electron chi connectivity index (χ3n) is 11.4. The molecule has 0 spiro atoms. The van der Waals surface area contributed by atoms with E-state index in [-0.39, 0.29) is 29.8 Å². The minimum absolute atomic E-state index is 0.0243. The Morgan fingerprint density at radius 2 is 1.81 bits per heavy atom. The van der Waals surface area contributed by atoms with Crippen LogP contribution < -0.4 is 20.3 Å². The summed E-state index contributed by atoms with van der Waals surface area (Å²) in [6.07, 6.45) is -0.267. The number of carbonyl (C=O) groups excluding carboxylic acids is 2. The summed E-state index contributed by atoms with van der Waals surface area (Å²) in [5.41, 5.74) is 4.09. The number of ether oxygens (including phenoxy) is 1. The van der Waals surface area contributed by atoms with E-state index >= 15 is 0 Å². The Kier molecular flexibility index (Phi) is 11.9. The summed E-state index contributed by atoms with van der Waals surface area (Å²) < 4.78 is 6.05. The van der Waals surface area contributed by atoms with Crippen LogP contribution in [0.2, 0.25) is 0 Å². The first-order chi connectivity index (χ1) is 22.5. The number of nitrogens with zero attached hydrogens (tertiary/aromatic N) is 3. The minimum Gasteiger partial charge on any atom is -0.496 e. The van der Waals surface area contributed by atoms with Gasteiger partial charge in [0.1, 0.15) is 11.8 Å². The number of likely N-dealkylation sites (N-methyl/N-ethyl adjacent to an activating group) is 1. The van der Waals surface area contributed by atoms with Crippen LogP contribution in [0.1, 0.15) is 63.9 Å². The maximum Gasteiger partial charge on any atom is 0.251 e. The summed E-state index contributed by atoms with van der Waals surface area (Å²) >= 11 is 0. The first-order valence-electron chi connectivity index (χ1n) is 17.3. The molecule has 3 N–H and O–H groups in total. The molecule has 0 radical (unpaired) electrons. The highest BCUT2D eigenvalue weighted by molar-refractivity contribution is 5.97. The summed E-state index contributed by atoms with van der Waals surface area (Å²) in [4.78, 5) is 37.7. The lowest BCUT2D eigenvalue weighted by atomic mass is 9.58. The van der Waals surface area contributed by atoms with Gasteiger partial charge in [0.15, 0.2) is 0 Å². The third-order valence-corrected chi connectivity index (χ3v) is 11.4. The molecule has 4 rings (SSSR count). The zero-order chi connectivity index (χ0) is 35.7. The molecular weight excluding hydrogens is 606 g/mol. The Morgan fingerprint density at radius 1 is 1.12 bits per heavy atom. The molecule has 0 unspecified atom stereocenters. The lowest BCUT2D eigenvalue weighted by molar-refractivity contribution is -0.178. The standard InChI is InChI=1S/C38H59N5O5/c1-22-16-31(23(2)24(3)38(22,5)6)40-37(46)34-33(25(4)44)32(21-41(8)9)48-43(34)20-26-14-13-15-30(35(26)47-12)27-17-28(36(45)39-7)19-29(18-27)42(10)11/h13-15,17-19,22-25,31-34,44H,16,20-21H2,1-12H3,(H,39,45)(H,40,46)/t22-,23+,24+,25+,31+,32+,33-,34+/m1/s1. The number of aliphatic hydroxyl groups is 1. The molecule has 10 heteroatoms. The van der Waals surface area contributed by atoms with Gasteiger partial charge in [0, 0.05) is 62.0 Å². The number of rotatable bonds is 11. The quantitative estimate of drug-likeness (QED) is 0.319. The van der Waals surface area contributed by atoms with Crippen molar-refractivity contribution >= 4 is 17.5 Å². The predicted octanol–water partition coefficient (Wildman–Crippen LogP) is 4.65. The second kappa shape index (κ2) is 15.2. The SMILES string of the molecule is CNC(=O)c1cc(-c2cccc(CN3O[C@@H](CN(C)C)[C@@H]([C@H](C)O)[C@H]3C(=O)N[C@H]3C[C@@H](C)C(C)(C)[C@@H](C)[C@@H]3C)c2OC)cc(N(C)C)c1. The van der Waals surface area contributed by atoms with Gasteiger partial charge < -0.3 is 30.3 Å². The van der Waals surface area contributed by atoms with E-state index in [1.807, 2.05) is 74.4 Å². The highest BCUT2D eigenvalue weighted by Crippen LogP contribution is 2.47. The number of anilines is 1. The molecule has 10 nitrogen and oxygen atoms in total. The Morgan fingerprint density at radius 3 is 2.40 bits per heavy atom. The van der Waals surface area contributed by atoms with Crippen LogP contribution >= 0.6 is 0 Å². The summed E-state index contributed by atoms with van der Waals surface area (Å²) in [6.45, 7) is 14.0. The van der Waals surface area contributed by atoms with Crippen molar-refractivity contribution in [2.75, 3.05) is 53.8 Å². The molecule has 2 fully saturated rings. The van der Waals surface area contributed by atoms with Gasteiger partial charge in [-0.15, -0.1) is 0 Å². The van der Waals surface area contributed by atoms with Gasteiger partial charge in [-0.3, -0.25) is 14.4 Å². The highest BCUT2D eigenvalue weighted by Gasteiger charge is 2.51. The average Bonchev–Trinajstić information content (AvgIpc) is 3.39. The van der Waals surface area contributed by atoms with Crippen LogP contribution in [0.15, 0.2) is 36.4 Å². The van der Waals surface area contributed by atoms with Crippen LogP contribution in [-0.2, 0) is 16.2 Å². The molecule has 8 atom stereocenters. The van der Waals surface area contributed by atoms with Crippen molar-refractivity contribution in [3.05, 3.63) is 47.5 Å². The molecule has 1 saturated carbocycles. The number of carbonyl (C=O) groups is 2. The number of nitrogens with one attached hydrogen (secondary N) is 2. The number of para-hydroxylation sites is 1. The zero-order valence-corrected chi connectivity index (χ0v) is 31.1. The van der Waals surface area contributed by atoms with E-state index in [0.717, 1.165) is 28.8 Å². The zero-order valence-electron chi connectivity index (χ0n) is 31.1. The molecule has 2 amide bonds. The first-order valence-corrected chi connectivity index (χ1v) is 17.3. The van der Waals surface area contributed by atoms with Crippen LogP contribution in [0.25, 0.3) is 11.1 Å². The van der Waals surface area contributed by atoms with Crippen molar-refractivity contribution in [3.63, 3.8) is 0 Å².